The Morgan fingerprint density at radius 1 is 0.721 bits per heavy atom. The van der Waals surface area contributed by atoms with E-state index in [9.17, 15) is 44.4 Å². The van der Waals surface area contributed by atoms with E-state index in [-0.39, 0.29) is 94.3 Å². The minimum absolute atomic E-state index is 0.0299. The number of nitrogens with two attached hydrogens (primary N) is 1. The molecule has 9 N–H and O–H groups in total. The molecule has 2 saturated heterocycles. The Labute approximate surface area is 717 Å². The zero-order chi connectivity index (χ0) is 87.8. The maximum Gasteiger partial charge on any atom is 0.329 e. The smallest absolute Gasteiger partial charge is 0.329 e. The number of ketones is 1. The summed E-state index contributed by atoms with van der Waals surface area (Å²) in [6.45, 7) is 19.8. The zero-order valence-corrected chi connectivity index (χ0v) is 73.2. The lowest BCUT2D eigenvalue weighted by atomic mass is 9.78. The van der Waals surface area contributed by atoms with Gasteiger partial charge < -0.3 is 113 Å². The fourth-order valence-electron chi connectivity index (χ4n) is 15.9. The first-order chi connectivity index (χ1) is 58.9. The number of carbonyl (C=O) groups excluding carboxylic acids is 5. The molecule has 4 aromatic heterocycles. The molecule has 682 valence electrons. The van der Waals surface area contributed by atoms with Crippen LogP contribution in [0, 0.1) is 35.5 Å². The van der Waals surface area contributed by atoms with Gasteiger partial charge in [0.05, 0.1) is 147 Å². The van der Waals surface area contributed by atoms with Gasteiger partial charge in [-0.25, -0.2) is 24.4 Å². The lowest BCUT2D eigenvalue weighted by Gasteiger charge is -2.43. The number of cyclic esters (lactones) is 1. The predicted molar refractivity (Wildman–Crippen MR) is 456 cm³/mol. The Morgan fingerprint density at radius 3 is 2.05 bits per heavy atom. The fraction of sp³-hybridized carbons (Fsp3) is 0.705. The van der Waals surface area contributed by atoms with Gasteiger partial charge in [0, 0.05) is 108 Å². The molecular formula is C88H137N11O23. The van der Waals surface area contributed by atoms with Crippen LogP contribution in [0.2, 0.25) is 0 Å². The third-order valence-corrected chi connectivity index (χ3v) is 23.1. The van der Waals surface area contributed by atoms with Crippen LogP contribution in [-0.2, 0) is 96.9 Å². The van der Waals surface area contributed by atoms with Gasteiger partial charge in [-0.3, -0.25) is 19.2 Å². The molecule has 0 radical (unpaired) electrons. The van der Waals surface area contributed by atoms with Gasteiger partial charge in [0.25, 0.3) is 17.6 Å². The van der Waals surface area contributed by atoms with Crippen LogP contribution in [0.3, 0.4) is 0 Å². The Kier molecular flexibility index (Phi) is 43.9. The number of anilines is 1. The Bertz CT molecular complexity index is 3970. The average Bonchev–Trinajstić information content (AvgIpc) is 1.50. The second-order valence-electron chi connectivity index (χ2n) is 32.4. The number of nitrogen functional groups attached to an aromatic ring is 1. The number of ether oxygens (including phenoxy) is 13. The molecule has 0 unspecified atom stereocenters. The van der Waals surface area contributed by atoms with E-state index in [0.29, 0.717) is 191 Å². The van der Waals surface area contributed by atoms with E-state index in [1.165, 1.54) is 18.3 Å². The maximum atomic E-state index is 14.7. The van der Waals surface area contributed by atoms with E-state index in [4.69, 9.17) is 77.2 Å². The molecule has 3 fully saturated rings. The van der Waals surface area contributed by atoms with Crippen LogP contribution >= 0.6 is 0 Å². The standard InChI is InChI=1S/C88H137N11O23/c1-58-18-12-11-13-19-59(2)72(109-8)53-68-23-21-64(7)88(108,122-68)82(105)86(106)98-30-16-14-20-69(98)87(107)121-73(61(4)50-65-22-24-70(100)74(51-65)110-9)54-71(101)60(3)49-63(6)80(104)81(111-10)78(62(5)48-58)97-120-56-76(103)91-29-33-113-35-37-115-39-41-117-43-45-119-47-46-118-44-42-116-40-38-114-36-34-112-32-26-75(102)90-27-15-17-31-99-85-77(83(89)94-57-95-85)79(96-99)67-52-66-25-28-92-84(66)93-55-67/h11-13,18-19,25,28,49,52,55,57-58,60-62,64-65,68-74,80-81,100-101,104,108H,14-17,20-24,26-27,29-48,50-51,53-54,56H2,1-10H3,(H,90,102)(H,91,103)(H,92,93)(H2,89,94,95)/b13-11+,18-12+,59-19+,63-49+,97-78+/t58-,60-,61-,62-,64-,65+,68+,69+,70-,71-,72+,73+,74-,80-,81+,88-/m1/s1. The number of fused-ring (bicyclic) bond motifs is 5. The minimum Gasteiger partial charge on any atom is -0.460 e. The van der Waals surface area contributed by atoms with E-state index in [2.05, 4.69) is 35.7 Å². The number of unbranched alkanes of at least 4 members (excludes halogenated alkanes) is 1. The van der Waals surface area contributed by atoms with Crippen molar-refractivity contribution in [2.24, 2.45) is 40.7 Å². The van der Waals surface area contributed by atoms with Crippen LogP contribution in [0.5, 0.6) is 0 Å². The molecule has 1 saturated carbocycles. The second-order valence-corrected chi connectivity index (χ2v) is 32.4. The SMILES string of the molecule is CO[C@H]1C[C@@H]2CC[C@@H](C)[C@@](O)(O2)C(=O)C(=O)N2CCCC[C@H]2C(=O)O[C@H]([C@H](C)C[C@@H]2CC[C@@H](O)[C@H](OC)C2)C[C@@H](O)[C@H](C)/C=C(\C)[C@@H](O)[C@@H](OC)/C(=N/OCC(=O)NCCOCCOCCOCCOCCOCCOCCOCCOCCC(=O)NCCCCn2nc(-c3cnc4[nH]ccc4c3)c3c(N)ncnc32)[C@H](C)C[C@H](C)/C=C/C=C/C=C/1C. The Balaban J connectivity index is 0.690. The zero-order valence-electron chi connectivity index (χ0n) is 73.2. The van der Waals surface area contributed by atoms with Crippen LogP contribution in [0.4, 0.5) is 5.82 Å². The number of piperidine rings is 1. The van der Waals surface area contributed by atoms with Crippen molar-refractivity contribution >= 4 is 63.1 Å². The van der Waals surface area contributed by atoms with E-state index in [0.717, 1.165) is 35.0 Å². The molecule has 0 spiro atoms. The van der Waals surface area contributed by atoms with Crippen LogP contribution in [0.25, 0.3) is 33.3 Å². The van der Waals surface area contributed by atoms with Gasteiger partial charge in [0.15, 0.2) is 12.3 Å². The molecule has 4 aliphatic rings. The van der Waals surface area contributed by atoms with Crippen LogP contribution in [0.15, 0.2) is 83.6 Å². The first-order valence-corrected chi connectivity index (χ1v) is 43.5. The third-order valence-electron chi connectivity index (χ3n) is 23.1. The van der Waals surface area contributed by atoms with E-state index >= 15 is 0 Å². The second kappa shape index (κ2) is 53.6. The predicted octanol–water partition coefficient (Wildman–Crippen LogP) is 7.28. The summed E-state index contributed by atoms with van der Waals surface area (Å²) in [6, 6.07) is 2.80. The molecule has 7 heterocycles. The highest BCUT2D eigenvalue weighted by Crippen LogP contribution is 2.39. The van der Waals surface area contributed by atoms with Crippen molar-refractivity contribution in [2.75, 3.05) is 159 Å². The molecule has 8 rings (SSSR count). The number of aromatic amines is 1. The highest BCUT2D eigenvalue weighted by Gasteiger charge is 2.53. The summed E-state index contributed by atoms with van der Waals surface area (Å²) in [5.41, 5.74) is 10.9. The summed E-state index contributed by atoms with van der Waals surface area (Å²) in [5, 5.41) is 63.9. The van der Waals surface area contributed by atoms with E-state index in [1.54, 1.807) is 47.3 Å². The lowest BCUT2D eigenvalue weighted by molar-refractivity contribution is -0.265. The van der Waals surface area contributed by atoms with Crippen molar-refractivity contribution in [3.8, 4) is 11.3 Å². The summed E-state index contributed by atoms with van der Waals surface area (Å²) in [7, 11) is 4.60. The highest BCUT2D eigenvalue weighted by molar-refractivity contribution is 6.39. The summed E-state index contributed by atoms with van der Waals surface area (Å²) in [5.74, 6) is -7.55. The van der Waals surface area contributed by atoms with Crippen molar-refractivity contribution < 1.29 is 111 Å². The summed E-state index contributed by atoms with van der Waals surface area (Å²) in [4.78, 5) is 92.4. The number of aliphatic hydroxyl groups excluding tert-OH is 3. The topological polar surface area (TPSA) is 433 Å². The highest BCUT2D eigenvalue weighted by atomic mass is 16.6. The van der Waals surface area contributed by atoms with Crippen molar-refractivity contribution in [3.05, 3.63) is 78.5 Å². The molecule has 2 bridgehead atoms. The van der Waals surface area contributed by atoms with Gasteiger partial charge in [0.2, 0.25) is 11.7 Å². The number of methoxy groups -OCH3 is 3. The largest absolute Gasteiger partial charge is 0.460 e. The molecular weight excluding hydrogens is 1580 g/mol. The van der Waals surface area contributed by atoms with E-state index < -0.39 is 96.6 Å². The molecule has 34 nitrogen and oxygen atoms in total. The number of Topliss-reactive ketones (excluding diaryl/α,β-unsaturated/α-hetero) is 1. The number of aliphatic hydroxyl groups is 4. The number of nitrogens with one attached hydrogen (secondary N) is 3. The van der Waals surface area contributed by atoms with Crippen LogP contribution in [0.1, 0.15) is 145 Å². The molecule has 3 aliphatic heterocycles. The molecule has 3 amide bonds. The molecule has 122 heavy (non-hydrogen) atoms. The van der Waals surface area contributed by atoms with Gasteiger partial charge in [-0.15, -0.1) is 0 Å². The Morgan fingerprint density at radius 2 is 1.39 bits per heavy atom. The molecule has 16 atom stereocenters. The number of allylic oxidation sites excluding steroid dienone is 5. The monoisotopic (exact) mass is 1720 g/mol. The number of hydrogen-bond acceptors (Lipinski definition) is 29. The molecule has 34 heteroatoms. The first-order valence-electron chi connectivity index (χ1n) is 43.5. The summed E-state index contributed by atoms with van der Waals surface area (Å²) < 4.78 is 77.0. The Hall–Kier alpha value is -7.62. The number of esters is 1. The fourth-order valence-corrected chi connectivity index (χ4v) is 15.9. The number of aryl methyl sites for hydroxylation is 1. The number of oxime groups is 1. The average molecular weight is 1720 g/mol. The molecule has 4 aromatic rings. The lowest BCUT2D eigenvalue weighted by Crippen LogP contribution is -2.61. The van der Waals surface area contributed by atoms with Crippen molar-refractivity contribution in [3.63, 3.8) is 0 Å². The number of hydrogen-bond donors (Lipinski definition) is 8. The van der Waals surface area contributed by atoms with Crippen LogP contribution < -0.4 is 16.4 Å². The normalized spacial score (nSPS) is 28.0. The van der Waals surface area contributed by atoms with Crippen molar-refractivity contribution in [1.82, 2.24) is 45.2 Å². The van der Waals surface area contributed by atoms with Gasteiger partial charge in [-0.05, 0) is 132 Å². The van der Waals surface area contributed by atoms with Gasteiger partial charge in [0.1, 0.15) is 47.8 Å². The number of pyridine rings is 1. The van der Waals surface area contributed by atoms with Crippen molar-refractivity contribution in [2.45, 2.75) is 212 Å². The van der Waals surface area contributed by atoms with Gasteiger partial charge in [-0.2, -0.15) is 5.10 Å². The van der Waals surface area contributed by atoms with Crippen molar-refractivity contribution in [1.29, 1.82) is 0 Å². The number of aromatic nitrogens is 6. The van der Waals surface area contributed by atoms with Gasteiger partial charge in [-0.1, -0.05) is 76.2 Å². The first kappa shape index (κ1) is 99.8. The summed E-state index contributed by atoms with van der Waals surface area (Å²) >= 11 is 0. The van der Waals surface area contributed by atoms with Gasteiger partial charge >= 0.3 is 5.97 Å². The number of amides is 3. The quantitative estimate of drug-likeness (QED) is 0.00710. The van der Waals surface area contributed by atoms with E-state index in [1.807, 2.05) is 81.1 Å². The maximum absolute atomic E-state index is 14.7. The molecule has 1 aliphatic carbocycles. The number of nitrogens with zero attached hydrogens (tertiary/aromatic N) is 7. The number of carbonyl (C=O) groups is 5. The molecule has 0 aromatic carbocycles. The minimum atomic E-state index is -2.46. The number of rotatable bonds is 42. The third kappa shape index (κ3) is 31.8. The number of H-pyrrole nitrogens is 1. The van der Waals surface area contributed by atoms with Crippen LogP contribution in [-0.4, -0.2) is 304 Å². The summed E-state index contributed by atoms with van der Waals surface area (Å²) in [6.07, 6.45) is 17.1.